The maximum atomic E-state index is 2.40. The van der Waals surface area contributed by atoms with Gasteiger partial charge in [0.1, 0.15) is 11.4 Å². The molecule has 0 atom stereocenters. The lowest BCUT2D eigenvalue weighted by Crippen LogP contribution is -2.54. The first-order valence-electron chi connectivity index (χ1n) is 12.2. The average Bonchev–Trinajstić information content (AvgIpc) is 2.91. The first-order valence-corrected chi connectivity index (χ1v) is 13.3. The molecular formula is C31H38N2Si. The summed E-state index contributed by atoms with van der Waals surface area (Å²) in [7, 11) is 4.32. The van der Waals surface area contributed by atoms with Crippen molar-refractivity contribution in [2.75, 3.05) is 0 Å². The van der Waals surface area contributed by atoms with E-state index in [1.165, 1.54) is 77.7 Å². The highest BCUT2D eigenvalue weighted by Crippen LogP contribution is 2.33. The number of rotatable bonds is 4. The Bertz CT molecular complexity index is 1270. The quantitative estimate of drug-likeness (QED) is 0.294. The maximum Gasteiger partial charge on any atom is 0.139 e. The Morgan fingerprint density at radius 1 is 0.676 bits per heavy atom. The van der Waals surface area contributed by atoms with E-state index >= 15 is 0 Å². The minimum Gasteiger partial charge on any atom is -0.266 e. The highest BCUT2D eigenvalue weighted by molar-refractivity contribution is 6.68. The molecule has 3 heteroatoms. The van der Waals surface area contributed by atoms with Gasteiger partial charge in [-0.1, -0.05) is 53.6 Å². The van der Waals surface area contributed by atoms with E-state index in [-0.39, 0.29) is 9.52 Å². The lowest BCUT2D eigenvalue weighted by molar-refractivity contribution is -0.659. The third kappa shape index (κ3) is 4.07. The average molecular weight is 467 g/mol. The van der Waals surface area contributed by atoms with Gasteiger partial charge in [0.05, 0.1) is 19.5 Å². The zero-order chi connectivity index (χ0) is 24.9. The van der Waals surface area contributed by atoms with E-state index in [4.69, 9.17) is 0 Å². The predicted octanol–water partition coefficient (Wildman–Crippen LogP) is 5.04. The van der Waals surface area contributed by atoms with Gasteiger partial charge in [-0.05, 0) is 86.1 Å². The van der Waals surface area contributed by atoms with Crippen molar-refractivity contribution in [3.8, 4) is 22.3 Å². The van der Waals surface area contributed by atoms with Crippen molar-refractivity contribution in [1.82, 2.24) is 4.57 Å². The number of aromatic nitrogens is 2. The van der Waals surface area contributed by atoms with Crippen LogP contribution in [0.5, 0.6) is 0 Å². The Morgan fingerprint density at radius 3 is 1.44 bits per heavy atom. The van der Waals surface area contributed by atoms with E-state index < -0.39 is 0 Å². The topological polar surface area (TPSA) is 8.81 Å². The fraction of sp³-hybridized carbons (Fsp3) is 0.323. The second-order valence-corrected chi connectivity index (χ2v) is 11.5. The molecule has 0 unspecified atom stereocenters. The number of imidazole rings is 1. The third-order valence-corrected chi connectivity index (χ3v) is 9.43. The highest BCUT2D eigenvalue weighted by atomic mass is 28.2. The molecule has 0 aliphatic heterocycles. The Kier molecular flexibility index (Phi) is 6.43. The van der Waals surface area contributed by atoms with Gasteiger partial charge in [0.25, 0.3) is 0 Å². The van der Waals surface area contributed by atoms with Crippen LogP contribution in [0.15, 0.2) is 42.5 Å². The van der Waals surface area contributed by atoms with Gasteiger partial charge in [0, 0.05) is 13.8 Å². The Morgan fingerprint density at radius 2 is 1.09 bits per heavy atom. The molecule has 4 aromatic rings. The molecule has 0 aliphatic carbocycles. The summed E-state index contributed by atoms with van der Waals surface area (Å²) in [4.78, 5) is 0. The van der Waals surface area contributed by atoms with Gasteiger partial charge < -0.3 is 0 Å². The van der Waals surface area contributed by atoms with Gasteiger partial charge in [0.15, 0.2) is 0 Å². The van der Waals surface area contributed by atoms with E-state index in [1.807, 2.05) is 0 Å². The molecule has 2 nitrogen and oxygen atoms in total. The van der Waals surface area contributed by atoms with Gasteiger partial charge in [-0.25, -0.2) is 0 Å². The molecule has 1 heterocycles. The standard InChI is InChI=1S/C31H38N2Si/c1-18-14-20(3)28(21(4)15-18)26-12-11-13-27(29-22(5)16-19(2)17-23(29)6)30(26)34-31-32(9)24(7)25(8)33(31)10/h11-17,34H,1-10H3. The van der Waals surface area contributed by atoms with Crippen LogP contribution in [0.3, 0.4) is 0 Å². The lowest BCUT2D eigenvalue weighted by atomic mass is 9.89. The van der Waals surface area contributed by atoms with Crippen molar-refractivity contribution in [2.45, 2.75) is 55.4 Å². The van der Waals surface area contributed by atoms with Crippen LogP contribution in [-0.4, -0.2) is 14.1 Å². The summed E-state index contributed by atoms with van der Waals surface area (Å²) in [5.41, 5.74) is 17.7. The molecule has 0 radical (unpaired) electrons. The zero-order valence-electron chi connectivity index (χ0n) is 22.5. The van der Waals surface area contributed by atoms with E-state index in [2.05, 4.69) is 121 Å². The number of aryl methyl sites for hydroxylation is 6. The number of hydrogen-bond acceptors (Lipinski definition) is 0. The van der Waals surface area contributed by atoms with Gasteiger partial charge >= 0.3 is 0 Å². The molecule has 0 spiro atoms. The van der Waals surface area contributed by atoms with Crippen molar-refractivity contribution in [1.29, 1.82) is 0 Å². The second-order valence-electron chi connectivity index (χ2n) is 10.1. The molecule has 0 N–H and O–H groups in total. The summed E-state index contributed by atoms with van der Waals surface area (Å²) < 4.78 is 4.80. The fourth-order valence-corrected chi connectivity index (χ4v) is 7.57. The molecule has 0 aliphatic rings. The predicted molar refractivity (Wildman–Crippen MR) is 148 cm³/mol. The summed E-state index contributed by atoms with van der Waals surface area (Å²) in [5.74, 6) is 0. The first kappa shape index (κ1) is 24.2. The molecule has 0 saturated heterocycles. The Balaban J connectivity index is 2.08. The van der Waals surface area contributed by atoms with Crippen LogP contribution in [0.4, 0.5) is 0 Å². The van der Waals surface area contributed by atoms with Crippen molar-refractivity contribution in [2.24, 2.45) is 14.1 Å². The number of benzene rings is 3. The number of nitrogens with zero attached hydrogens (tertiary/aromatic N) is 2. The molecular weight excluding hydrogens is 428 g/mol. The third-order valence-electron chi connectivity index (χ3n) is 7.49. The van der Waals surface area contributed by atoms with Gasteiger partial charge in [-0.3, -0.25) is 9.13 Å². The van der Waals surface area contributed by atoms with Crippen molar-refractivity contribution in [3.63, 3.8) is 0 Å². The maximum absolute atomic E-state index is 2.40. The van der Waals surface area contributed by atoms with E-state index in [0.717, 1.165) is 0 Å². The van der Waals surface area contributed by atoms with Crippen LogP contribution in [0.25, 0.3) is 22.3 Å². The minimum absolute atomic E-state index is 0.125. The molecule has 34 heavy (non-hydrogen) atoms. The Labute approximate surface area is 208 Å². The van der Waals surface area contributed by atoms with Crippen LogP contribution < -0.4 is 15.2 Å². The molecule has 4 rings (SSSR count). The largest absolute Gasteiger partial charge is 0.266 e. The van der Waals surface area contributed by atoms with E-state index in [9.17, 15) is 0 Å². The molecule has 0 fully saturated rings. The van der Waals surface area contributed by atoms with Crippen LogP contribution in [0, 0.1) is 55.4 Å². The summed E-state index contributed by atoms with van der Waals surface area (Å²) in [6.45, 7) is 17.9. The minimum atomic E-state index is -0.125. The molecule has 0 saturated carbocycles. The normalized spacial score (nSPS) is 11.2. The van der Waals surface area contributed by atoms with Crippen LogP contribution >= 0.6 is 0 Å². The second kappa shape index (κ2) is 9.03. The van der Waals surface area contributed by atoms with Crippen molar-refractivity contribution in [3.05, 3.63) is 87.2 Å². The monoisotopic (exact) mass is 466 g/mol. The zero-order valence-corrected chi connectivity index (χ0v) is 23.7. The Hall–Kier alpha value is -2.91. The van der Waals surface area contributed by atoms with E-state index in [1.54, 1.807) is 0 Å². The number of hydrogen-bond donors (Lipinski definition) is 0. The first-order chi connectivity index (χ1) is 16.0. The molecule has 3 aromatic carbocycles. The van der Waals surface area contributed by atoms with Crippen LogP contribution in [0.2, 0.25) is 0 Å². The molecule has 0 bridgehead atoms. The molecule has 0 amide bonds. The smallest absolute Gasteiger partial charge is 0.139 e. The van der Waals surface area contributed by atoms with Crippen molar-refractivity contribution >= 4 is 20.2 Å². The fourth-order valence-electron chi connectivity index (χ4n) is 5.74. The summed E-state index contributed by atoms with van der Waals surface area (Å²) in [6.07, 6.45) is 0. The van der Waals surface area contributed by atoms with Crippen molar-refractivity contribution < 1.29 is 4.57 Å². The van der Waals surface area contributed by atoms with Crippen LogP contribution in [0.1, 0.15) is 44.8 Å². The summed E-state index contributed by atoms with van der Waals surface area (Å²) in [5, 5.41) is 1.49. The van der Waals surface area contributed by atoms with Gasteiger partial charge in [0.2, 0.25) is 0 Å². The van der Waals surface area contributed by atoms with E-state index in [0.29, 0.717) is 0 Å². The molecule has 176 valence electrons. The SMILES string of the molecule is Cc1cc(C)c(-c2cccc(-c3c(C)cc(C)cc3C)c2[SiH-]c2n(C)c(C)c(C)[n+]2C)c(C)c1. The summed E-state index contributed by atoms with van der Waals surface area (Å²) >= 11 is 0. The van der Waals surface area contributed by atoms with Gasteiger partial charge in [-0.2, -0.15) is 14.7 Å². The highest BCUT2D eigenvalue weighted by Gasteiger charge is 2.19. The van der Waals surface area contributed by atoms with Crippen LogP contribution in [-0.2, 0) is 14.1 Å². The summed E-state index contributed by atoms with van der Waals surface area (Å²) in [6, 6.07) is 16.3. The molecule has 1 aromatic heterocycles. The lowest BCUT2D eigenvalue weighted by Gasteiger charge is -2.26. The van der Waals surface area contributed by atoms with Gasteiger partial charge in [-0.15, -0.1) is 0 Å².